The van der Waals surface area contributed by atoms with Gasteiger partial charge in [-0.15, -0.1) is 0 Å². The first-order valence-electron chi connectivity index (χ1n) is 7.55. The lowest BCUT2D eigenvalue weighted by Crippen LogP contribution is -2.29. The highest BCUT2D eigenvalue weighted by molar-refractivity contribution is 5.70. The van der Waals surface area contributed by atoms with Gasteiger partial charge in [0.2, 0.25) is 0 Å². The van der Waals surface area contributed by atoms with Crippen LogP contribution in [0.25, 0.3) is 0 Å². The summed E-state index contributed by atoms with van der Waals surface area (Å²) < 4.78 is 5.16. The van der Waals surface area contributed by atoms with Crippen LogP contribution in [-0.4, -0.2) is 24.2 Å². The normalized spacial score (nSPS) is 12.9. The molecule has 0 aliphatic carbocycles. The van der Waals surface area contributed by atoms with Gasteiger partial charge >= 0.3 is 6.09 Å². The lowest BCUT2D eigenvalue weighted by molar-refractivity contribution is 0.200. The summed E-state index contributed by atoms with van der Waals surface area (Å²) in [6, 6.07) is 13.2. The number of aromatic nitrogens is 1. The summed E-state index contributed by atoms with van der Waals surface area (Å²) in [6.45, 7) is 1.47. The van der Waals surface area contributed by atoms with Crippen molar-refractivity contribution in [3.8, 4) is 5.75 Å². The topological polar surface area (TPSA) is 63.2 Å². The van der Waals surface area contributed by atoms with Crippen LogP contribution in [0.5, 0.6) is 5.75 Å². The molecule has 5 nitrogen and oxygen atoms in total. The molecular weight excluding hydrogens is 278 g/mol. The minimum Gasteiger partial charge on any atom is -0.410 e. The molecule has 0 fully saturated rings. The molecule has 2 heterocycles. The third-order valence-electron chi connectivity index (χ3n) is 3.56. The Hall–Kier alpha value is -2.56. The van der Waals surface area contributed by atoms with E-state index >= 15 is 0 Å². The van der Waals surface area contributed by atoms with E-state index in [0.29, 0.717) is 18.7 Å². The maximum Gasteiger partial charge on any atom is 0.412 e. The molecule has 1 aliphatic rings. The molecule has 0 saturated heterocycles. The quantitative estimate of drug-likeness (QED) is 0.911. The lowest BCUT2D eigenvalue weighted by Gasteiger charge is -2.17. The highest BCUT2D eigenvalue weighted by Crippen LogP contribution is 2.19. The maximum atomic E-state index is 11.7. The largest absolute Gasteiger partial charge is 0.412 e. The van der Waals surface area contributed by atoms with Gasteiger partial charge in [0.1, 0.15) is 11.6 Å². The fraction of sp³-hybridized carbons (Fsp3) is 0.294. The van der Waals surface area contributed by atoms with E-state index in [1.54, 1.807) is 12.1 Å². The molecule has 0 saturated carbocycles. The van der Waals surface area contributed by atoms with Crippen LogP contribution >= 0.6 is 0 Å². The second-order valence-electron chi connectivity index (χ2n) is 5.22. The molecule has 1 amide bonds. The van der Waals surface area contributed by atoms with Crippen molar-refractivity contribution in [3.63, 3.8) is 0 Å². The van der Waals surface area contributed by atoms with Crippen molar-refractivity contribution in [1.82, 2.24) is 10.3 Å². The summed E-state index contributed by atoms with van der Waals surface area (Å²) >= 11 is 0. The van der Waals surface area contributed by atoms with Gasteiger partial charge in [0.15, 0.2) is 0 Å². The van der Waals surface area contributed by atoms with Crippen LogP contribution in [0.15, 0.2) is 42.5 Å². The Kier molecular flexibility index (Phi) is 4.53. The number of aryl methyl sites for hydroxylation is 1. The smallest absolute Gasteiger partial charge is 0.410 e. The highest BCUT2D eigenvalue weighted by Gasteiger charge is 2.10. The highest BCUT2D eigenvalue weighted by atomic mass is 16.5. The fourth-order valence-electron chi connectivity index (χ4n) is 2.43. The zero-order valence-corrected chi connectivity index (χ0v) is 12.3. The molecule has 22 heavy (non-hydrogen) atoms. The molecule has 0 radical (unpaired) electrons. The predicted octanol–water partition coefficient (Wildman–Crippen LogP) is 2.77. The molecule has 1 aromatic carbocycles. The van der Waals surface area contributed by atoms with Gasteiger partial charge in [-0.2, -0.15) is 0 Å². The summed E-state index contributed by atoms with van der Waals surface area (Å²) in [7, 11) is 0. The Bertz CT molecular complexity index is 644. The second-order valence-corrected chi connectivity index (χ2v) is 5.22. The van der Waals surface area contributed by atoms with Gasteiger partial charge in [-0.1, -0.05) is 24.3 Å². The second kappa shape index (κ2) is 6.93. The van der Waals surface area contributed by atoms with Crippen molar-refractivity contribution < 1.29 is 9.53 Å². The molecular formula is C17H19N3O2. The molecule has 1 aromatic heterocycles. The van der Waals surface area contributed by atoms with E-state index in [1.165, 1.54) is 5.56 Å². The average molecular weight is 297 g/mol. The molecule has 0 spiro atoms. The van der Waals surface area contributed by atoms with Crippen LogP contribution < -0.4 is 15.4 Å². The monoisotopic (exact) mass is 297 g/mol. The van der Waals surface area contributed by atoms with E-state index in [4.69, 9.17) is 4.74 Å². The van der Waals surface area contributed by atoms with Gasteiger partial charge in [-0.3, -0.25) is 0 Å². The van der Waals surface area contributed by atoms with E-state index in [2.05, 4.69) is 21.7 Å². The number of carbonyl (C=O) groups excluding carboxylic acids is 1. The summed E-state index contributed by atoms with van der Waals surface area (Å²) in [6.07, 6.45) is 2.47. The first kappa shape index (κ1) is 14.4. The summed E-state index contributed by atoms with van der Waals surface area (Å²) in [5.41, 5.74) is 2.24. The number of nitrogens with zero attached hydrogens (tertiary/aromatic N) is 1. The van der Waals surface area contributed by atoms with Gasteiger partial charge in [-0.25, -0.2) is 9.78 Å². The molecule has 0 unspecified atom stereocenters. The molecule has 0 bridgehead atoms. The third-order valence-corrected chi connectivity index (χ3v) is 3.56. The molecule has 2 aromatic rings. The molecule has 3 rings (SSSR count). The summed E-state index contributed by atoms with van der Waals surface area (Å²) in [5, 5.41) is 6.05. The fourth-order valence-corrected chi connectivity index (χ4v) is 2.43. The van der Waals surface area contributed by atoms with Crippen molar-refractivity contribution in [2.75, 3.05) is 18.4 Å². The Balaban J connectivity index is 1.47. The number of ether oxygens (including phenoxy) is 1. The van der Waals surface area contributed by atoms with Crippen molar-refractivity contribution in [3.05, 3.63) is 53.7 Å². The van der Waals surface area contributed by atoms with Crippen LogP contribution in [-0.2, 0) is 12.8 Å². The lowest BCUT2D eigenvalue weighted by atomic mass is 10.1. The minimum atomic E-state index is -0.442. The number of pyridine rings is 1. The Morgan fingerprint density at radius 1 is 1.23 bits per heavy atom. The average Bonchev–Trinajstić information content (AvgIpc) is 2.55. The van der Waals surface area contributed by atoms with Crippen LogP contribution in [0.3, 0.4) is 0 Å². The van der Waals surface area contributed by atoms with E-state index in [-0.39, 0.29) is 0 Å². The van der Waals surface area contributed by atoms with Crippen LogP contribution in [0.4, 0.5) is 10.6 Å². The van der Waals surface area contributed by atoms with Crippen LogP contribution in [0.2, 0.25) is 0 Å². The number of hydrogen-bond donors (Lipinski definition) is 2. The maximum absolute atomic E-state index is 11.7. The van der Waals surface area contributed by atoms with Crippen molar-refractivity contribution >= 4 is 11.9 Å². The molecule has 1 aliphatic heterocycles. The Morgan fingerprint density at radius 2 is 2.09 bits per heavy atom. The zero-order chi connectivity index (χ0) is 15.2. The molecule has 114 valence electrons. The van der Waals surface area contributed by atoms with Crippen LogP contribution in [0.1, 0.15) is 17.7 Å². The van der Waals surface area contributed by atoms with Crippen molar-refractivity contribution in [2.45, 2.75) is 19.3 Å². The number of para-hydroxylation sites is 1. The molecule has 5 heteroatoms. The van der Waals surface area contributed by atoms with Gasteiger partial charge in [0, 0.05) is 25.2 Å². The zero-order valence-electron chi connectivity index (χ0n) is 12.3. The molecule has 0 atom stereocenters. The first-order valence-corrected chi connectivity index (χ1v) is 7.55. The van der Waals surface area contributed by atoms with E-state index in [1.807, 2.05) is 24.3 Å². The number of anilines is 1. The van der Waals surface area contributed by atoms with Gasteiger partial charge in [0.05, 0.1) is 0 Å². The third kappa shape index (κ3) is 3.75. The Labute approximate surface area is 129 Å². The number of benzene rings is 1. The van der Waals surface area contributed by atoms with E-state index in [9.17, 15) is 4.79 Å². The standard InChI is InChI=1S/C17H19N3O2/c21-17(22-15-6-2-1-3-7-15)19-12-10-14-9-8-13-5-4-11-18-16(13)20-14/h1-3,6-9H,4-5,10-12H2,(H,18,20)(H,19,21). The Morgan fingerprint density at radius 3 is 2.95 bits per heavy atom. The van der Waals surface area contributed by atoms with Crippen molar-refractivity contribution in [2.24, 2.45) is 0 Å². The van der Waals surface area contributed by atoms with E-state index < -0.39 is 6.09 Å². The van der Waals surface area contributed by atoms with Gasteiger partial charge < -0.3 is 15.4 Å². The molecule has 2 N–H and O–H groups in total. The number of nitrogens with one attached hydrogen (secondary N) is 2. The number of fused-ring (bicyclic) bond motifs is 1. The summed E-state index contributed by atoms with van der Waals surface area (Å²) in [5.74, 6) is 1.52. The number of carbonyl (C=O) groups is 1. The van der Waals surface area contributed by atoms with Gasteiger partial charge in [-0.05, 0) is 36.6 Å². The minimum absolute atomic E-state index is 0.442. The number of rotatable bonds is 4. The van der Waals surface area contributed by atoms with E-state index in [0.717, 1.165) is 30.9 Å². The first-order chi connectivity index (χ1) is 10.8. The SMILES string of the molecule is O=C(NCCc1ccc2c(n1)NCCC2)Oc1ccccc1. The number of hydrogen-bond acceptors (Lipinski definition) is 4. The predicted molar refractivity (Wildman–Crippen MR) is 85.2 cm³/mol. The van der Waals surface area contributed by atoms with Crippen molar-refractivity contribution in [1.29, 1.82) is 0 Å². The number of amides is 1. The van der Waals surface area contributed by atoms with Crippen LogP contribution in [0, 0.1) is 0 Å². The summed E-state index contributed by atoms with van der Waals surface area (Å²) in [4.78, 5) is 16.3. The van der Waals surface area contributed by atoms with Gasteiger partial charge in [0.25, 0.3) is 0 Å².